The third-order valence-electron chi connectivity index (χ3n) is 2.35. The van der Waals surface area contributed by atoms with Crippen molar-refractivity contribution in [2.45, 2.75) is 51.8 Å². The van der Waals surface area contributed by atoms with Crippen LogP contribution in [-0.2, 0) is 4.74 Å². The van der Waals surface area contributed by atoms with E-state index < -0.39 is 0 Å². The number of ether oxygens (including phenoxy) is 1. The van der Waals surface area contributed by atoms with Gasteiger partial charge in [-0.05, 0) is 33.6 Å². The van der Waals surface area contributed by atoms with Crippen molar-refractivity contribution in [1.82, 2.24) is 10.7 Å². The van der Waals surface area contributed by atoms with E-state index in [0.29, 0.717) is 24.1 Å². The molecule has 0 aromatic heterocycles. The topological polar surface area (TPSA) is 71.7 Å². The first-order chi connectivity index (χ1) is 7.15. The normalized spacial score (nSPS) is 26.3. The highest BCUT2D eigenvalue weighted by molar-refractivity contribution is 5.79. The van der Waals surface area contributed by atoms with Crippen LogP contribution in [-0.4, -0.2) is 30.8 Å². The maximum absolute atomic E-state index is 5.46. The van der Waals surface area contributed by atoms with Crippen molar-refractivity contribution in [1.29, 1.82) is 0 Å². The molecule has 0 aromatic rings. The summed E-state index contributed by atoms with van der Waals surface area (Å²) in [6.07, 6.45) is 2.39. The molecule has 0 heterocycles. The summed E-state index contributed by atoms with van der Waals surface area (Å²) in [4.78, 5) is 4.46. The van der Waals surface area contributed by atoms with E-state index in [1.54, 1.807) is 0 Å². The van der Waals surface area contributed by atoms with Crippen LogP contribution in [0.1, 0.15) is 33.6 Å². The molecule has 1 fully saturated rings. The summed E-state index contributed by atoms with van der Waals surface area (Å²) in [7, 11) is 0. The van der Waals surface area contributed by atoms with Crippen LogP contribution in [0.3, 0.4) is 0 Å². The lowest BCUT2D eigenvalue weighted by Gasteiger charge is -2.32. The molecule has 0 radical (unpaired) electrons. The van der Waals surface area contributed by atoms with Crippen LogP contribution >= 0.6 is 0 Å². The van der Waals surface area contributed by atoms with Gasteiger partial charge in [-0.2, -0.15) is 0 Å². The standard InChI is InChI=1S/C10H22N4O/c1-4-15-9-5-8(6-9)13-10(14-11)12-7(2)3/h7-9H,4-6,11H2,1-3H3,(H2,12,13,14). The Morgan fingerprint density at radius 3 is 2.67 bits per heavy atom. The molecule has 88 valence electrons. The van der Waals surface area contributed by atoms with Crippen molar-refractivity contribution < 1.29 is 4.74 Å². The number of hydrogen-bond acceptors (Lipinski definition) is 3. The number of hydrogen-bond donors (Lipinski definition) is 3. The molecule has 4 N–H and O–H groups in total. The minimum Gasteiger partial charge on any atom is -0.378 e. The van der Waals surface area contributed by atoms with Gasteiger partial charge in [0.05, 0.1) is 12.1 Å². The molecule has 0 aromatic carbocycles. The summed E-state index contributed by atoms with van der Waals surface area (Å²) in [5.74, 6) is 6.04. The monoisotopic (exact) mass is 214 g/mol. The Bertz CT molecular complexity index is 211. The van der Waals surface area contributed by atoms with E-state index in [9.17, 15) is 0 Å². The Morgan fingerprint density at radius 2 is 2.20 bits per heavy atom. The van der Waals surface area contributed by atoms with Gasteiger partial charge in [-0.1, -0.05) is 0 Å². The molecule has 1 aliphatic carbocycles. The maximum atomic E-state index is 5.46. The second kappa shape index (κ2) is 5.92. The zero-order valence-corrected chi connectivity index (χ0v) is 9.79. The fourth-order valence-electron chi connectivity index (χ4n) is 1.59. The first-order valence-corrected chi connectivity index (χ1v) is 5.58. The highest BCUT2D eigenvalue weighted by atomic mass is 16.5. The van der Waals surface area contributed by atoms with E-state index in [1.165, 1.54) is 0 Å². The third-order valence-corrected chi connectivity index (χ3v) is 2.35. The molecule has 1 rings (SSSR count). The Balaban J connectivity index is 2.29. The van der Waals surface area contributed by atoms with Crippen molar-refractivity contribution in [3.63, 3.8) is 0 Å². The minimum atomic E-state index is 0.336. The second-order valence-electron chi connectivity index (χ2n) is 4.12. The summed E-state index contributed by atoms with van der Waals surface area (Å²) in [6.45, 7) is 6.91. The summed E-state index contributed by atoms with van der Waals surface area (Å²) >= 11 is 0. The molecule has 0 atom stereocenters. The summed E-state index contributed by atoms with van der Waals surface area (Å²) in [6, 6.07) is 0.682. The predicted octanol–water partition coefficient (Wildman–Crippen LogP) is 0.371. The molecule has 0 saturated heterocycles. The Morgan fingerprint density at radius 1 is 1.53 bits per heavy atom. The van der Waals surface area contributed by atoms with Crippen LogP contribution in [0.2, 0.25) is 0 Å². The maximum Gasteiger partial charge on any atom is 0.206 e. The van der Waals surface area contributed by atoms with Crippen LogP contribution in [0.15, 0.2) is 4.99 Å². The number of nitrogens with one attached hydrogen (secondary N) is 2. The van der Waals surface area contributed by atoms with E-state index in [0.717, 1.165) is 19.4 Å². The van der Waals surface area contributed by atoms with Gasteiger partial charge in [-0.25, -0.2) is 10.8 Å². The average molecular weight is 214 g/mol. The lowest BCUT2D eigenvalue weighted by Crippen LogP contribution is -2.46. The molecule has 5 nitrogen and oxygen atoms in total. The zero-order chi connectivity index (χ0) is 11.3. The third kappa shape index (κ3) is 4.05. The van der Waals surface area contributed by atoms with E-state index in [-0.39, 0.29) is 0 Å². The lowest BCUT2D eigenvalue weighted by molar-refractivity contribution is -0.000826. The van der Waals surface area contributed by atoms with E-state index >= 15 is 0 Å². The number of rotatable bonds is 4. The van der Waals surface area contributed by atoms with Gasteiger partial charge in [-0.15, -0.1) is 0 Å². The van der Waals surface area contributed by atoms with E-state index in [1.807, 2.05) is 6.92 Å². The Labute approximate surface area is 91.4 Å². The van der Waals surface area contributed by atoms with Gasteiger partial charge in [-0.3, -0.25) is 5.43 Å². The van der Waals surface area contributed by atoms with E-state index in [2.05, 4.69) is 29.6 Å². The second-order valence-corrected chi connectivity index (χ2v) is 4.12. The minimum absolute atomic E-state index is 0.336. The van der Waals surface area contributed by atoms with Crippen molar-refractivity contribution in [2.75, 3.05) is 6.61 Å². The number of nitrogens with two attached hydrogens (primary N) is 1. The molecule has 0 bridgehead atoms. The van der Waals surface area contributed by atoms with Gasteiger partial charge < -0.3 is 10.1 Å². The van der Waals surface area contributed by atoms with Crippen LogP contribution in [0.25, 0.3) is 0 Å². The van der Waals surface area contributed by atoms with Crippen LogP contribution in [0, 0.1) is 0 Å². The first-order valence-electron chi connectivity index (χ1n) is 5.58. The molecule has 0 unspecified atom stereocenters. The number of aliphatic imine (C=N–C) groups is 1. The van der Waals surface area contributed by atoms with Gasteiger partial charge in [0, 0.05) is 12.6 Å². The highest BCUT2D eigenvalue weighted by Crippen LogP contribution is 2.26. The van der Waals surface area contributed by atoms with Crippen LogP contribution < -0.4 is 16.6 Å². The average Bonchev–Trinajstić information content (AvgIpc) is 2.12. The Kier molecular flexibility index (Phi) is 4.84. The van der Waals surface area contributed by atoms with Gasteiger partial charge in [0.2, 0.25) is 5.96 Å². The van der Waals surface area contributed by atoms with E-state index in [4.69, 9.17) is 10.6 Å². The van der Waals surface area contributed by atoms with Gasteiger partial charge >= 0.3 is 0 Å². The molecule has 15 heavy (non-hydrogen) atoms. The Hall–Kier alpha value is -0.810. The van der Waals surface area contributed by atoms with Crippen LogP contribution in [0.5, 0.6) is 0 Å². The number of guanidine groups is 1. The molecule has 1 aliphatic rings. The largest absolute Gasteiger partial charge is 0.378 e. The van der Waals surface area contributed by atoms with Crippen molar-refractivity contribution in [3.05, 3.63) is 0 Å². The molecular formula is C10H22N4O. The fourth-order valence-corrected chi connectivity index (χ4v) is 1.59. The zero-order valence-electron chi connectivity index (χ0n) is 9.79. The quantitative estimate of drug-likeness (QED) is 0.274. The molecule has 0 amide bonds. The summed E-state index contributed by atoms with van der Waals surface area (Å²) in [5.41, 5.74) is 2.58. The van der Waals surface area contributed by atoms with Crippen LogP contribution in [0.4, 0.5) is 0 Å². The molecular weight excluding hydrogens is 192 g/mol. The van der Waals surface area contributed by atoms with Crippen molar-refractivity contribution in [2.24, 2.45) is 10.8 Å². The first kappa shape index (κ1) is 12.3. The molecule has 1 saturated carbocycles. The number of nitrogens with zero attached hydrogens (tertiary/aromatic N) is 1. The van der Waals surface area contributed by atoms with Gasteiger partial charge in [0.1, 0.15) is 0 Å². The SMILES string of the molecule is CCOC1CC(N=C(NN)NC(C)C)C1. The summed E-state index contributed by atoms with van der Waals surface area (Å²) in [5, 5.41) is 3.15. The smallest absolute Gasteiger partial charge is 0.206 e. The number of hydrazine groups is 1. The van der Waals surface area contributed by atoms with Crippen molar-refractivity contribution >= 4 is 5.96 Å². The molecule has 5 heteroatoms. The molecule has 0 spiro atoms. The van der Waals surface area contributed by atoms with Crippen molar-refractivity contribution in [3.8, 4) is 0 Å². The lowest BCUT2D eigenvalue weighted by atomic mass is 9.90. The summed E-state index contributed by atoms with van der Waals surface area (Å²) < 4.78 is 5.46. The van der Waals surface area contributed by atoms with Gasteiger partial charge in [0.15, 0.2) is 0 Å². The highest BCUT2D eigenvalue weighted by Gasteiger charge is 2.29. The molecule has 0 aliphatic heterocycles. The fraction of sp³-hybridized carbons (Fsp3) is 0.900. The van der Waals surface area contributed by atoms with Gasteiger partial charge in [0.25, 0.3) is 0 Å². The predicted molar refractivity (Wildman–Crippen MR) is 61.5 cm³/mol.